The predicted octanol–water partition coefficient (Wildman–Crippen LogP) is 3.56. The lowest BCUT2D eigenvalue weighted by Gasteiger charge is -2.13. The number of nitrogens with one attached hydrogen (secondary N) is 2. The number of nitrogens with zero attached hydrogens (tertiary/aromatic N) is 1. The van der Waals surface area contributed by atoms with Gasteiger partial charge in [0, 0.05) is 17.8 Å². The van der Waals surface area contributed by atoms with E-state index in [1.165, 1.54) is 12.1 Å². The van der Waals surface area contributed by atoms with Crippen LogP contribution in [0, 0.1) is 13.8 Å². The molecule has 0 fully saturated rings. The van der Waals surface area contributed by atoms with E-state index in [1.807, 2.05) is 0 Å². The number of alkyl halides is 3. The van der Waals surface area contributed by atoms with Crippen molar-refractivity contribution in [3.05, 3.63) is 51.3 Å². The van der Waals surface area contributed by atoms with Crippen molar-refractivity contribution in [3.8, 4) is 0 Å². The van der Waals surface area contributed by atoms with Gasteiger partial charge in [0.1, 0.15) is 0 Å². The van der Waals surface area contributed by atoms with Gasteiger partial charge in [-0.05, 0) is 25.5 Å². The normalized spacial score (nSPS) is 11.6. The number of aromatic amines is 1. The van der Waals surface area contributed by atoms with Crippen LogP contribution >= 0.6 is 11.6 Å². The maximum Gasteiger partial charge on any atom is 0.417 e. The Balaban J connectivity index is 2.05. The van der Waals surface area contributed by atoms with Gasteiger partial charge in [-0.25, -0.2) is 0 Å². The molecule has 124 valence electrons. The Hall–Kier alpha value is -2.02. The number of benzene rings is 1. The number of carbonyl (C=O) groups excluding carboxylic acids is 1. The Kier molecular flexibility index (Phi) is 4.99. The Morgan fingerprint density at radius 1 is 1.35 bits per heavy atom. The van der Waals surface area contributed by atoms with Gasteiger partial charge in [0.2, 0.25) is 5.91 Å². The van der Waals surface area contributed by atoms with Crippen molar-refractivity contribution in [2.24, 2.45) is 0 Å². The fraction of sp³-hybridized carbons (Fsp3) is 0.333. The molecule has 0 unspecified atom stereocenters. The van der Waals surface area contributed by atoms with Crippen LogP contribution < -0.4 is 5.32 Å². The van der Waals surface area contributed by atoms with Crippen molar-refractivity contribution in [1.29, 1.82) is 0 Å². The molecule has 2 rings (SSSR count). The fourth-order valence-corrected chi connectivity index (χ4v) is 2.49. The quantitative estimate of drug-likeness (QED) is 0.890. The summed E-state index contributed by atoms with van der Waals surface area (Å²) in [6.07, 6.45) is -4.42. The number of amides is 1. The van der Waals surface area contributed by atoms with Gasteiger partial charge < -0.3 is 5.32 Å². The number of H-pyrrole nitrogens is 1. The standard InChI is InChI=1S/C15H15ClF3N3O/c1-8-11(9(2)22-21-8)6-13(23)20-7-10-4-3-5-12(14(10)16)15(17,18)19/h3-5H,6-7H2,1-2H3,(H,20,23)(H,21,22). The number of carbonyl (C=O) groups is 1. The lowest BCUT2D eigenvalue weighted by molar-refractivity contribution is -0.137. The molecule has 4 nitrogen and oxygen atoms in total. The zero-order chi connectivity index (χ0) is 17.2. The summed E-state index contributed by atoms with van der Waals surface area (Å²) in [6, 6.07) is 3.62. The Bertz CT molecular complexity index is 706. The van der Waals surface area contributed by atoms with E-state index >= 15 is 0 Å². The van der Waals surface area contributed by atoms with E-state index in [0.29, 0.717) is 0 Å². The van der Waals surface area contributed by atoms with E-state index in [4.69, 9.17) is 11.6 Å². The van der Waals surface area contributed by atoms with E-state index in [1.54, 1.807) is 13.8 Å². The molecule has 1 heterocycles. The van der Waals surface area contributed by atoms with Crippen LogP contribution in [0.5, 0.6) is 0 Å². The first-order chi connectivity index (χ1) is 10.7. The minimum atomic E-state index is -4.53. The third-order valence-corrected chi connectivity index (χ3v) is 3.92. The van der Waals surface area contributed by atoms with Gasteiger partial charge in [0.15, 0.2) is 0 Å². The summed E-state index contributed by atoms with van der Waals surface area (Å²) < 4.78 is 38.4. The van der Waals surface area contributed by atoms with Crippen LogP contribution in [-0.4, -0.2) is 16.1 Å². The number of rotatable bonds is 4. The van der Waals surface area contributed by atoms with Crippen LogP contribution in [0.15, 0.2) is 18.2 Å². The molecule has 0 saturated heterocycles. The summed E-state index contributed by atoms with van der Waals surface area (Å²) in [5, 5.41) is 8.95. The molecule has 1 aromatic heterocycles. The highest BCUT2D eigenvalue weighted by Crippen LogP contribution is 2.36. The molecular formula is C15H15ClF3N3O. The van der Waals surface area contributed by atoms with Crippen molar-refractivity contribution in [1.82, 2.24) is 15.5 Å². The number of hydrogen-bond acceptors (Lipinski definition) is 2. The fourth-order valence-electron chi connectivity index (χ4n) is 2.19. The monoisotopic (exact) mass is 345 g/mol. The number of hydrogen-bond donors (Lipinski definition) is 2. The Morgan fingerprint density at radius 3 is 2.61 bits per heavy atom. The second kappa shape index (κ2) is 6.62. The van der Waals surface area contributed by atoms with Gasteiger partial charge in [0.05, 0.1) is 22.7 Å². The minimum absolute atomic E-state index is 0.0719. The summed E-state index contributed by atoms with van der Waals surface area (Å²) >= 11 is 5.78. The number of aromatic nitrogens is 2. The van der Waals surface area contributed by atoms with Crippen LogP contribution in [0.3, 0.4) is 0 Å². The molecule has 0 aliphatic carbocycles. The minimum Gasteiger partial charge on any atom is -0.352 e. The lowest BCUT2D eigenvalue weighted by Crippen LogP contribution is -2.25. The summed E-state index contributed by atoms with van der Waals surface area (Å²) in [4.78, 5) is 12.0. The van der Waals surface area contributed by atoms with Gasteiger partial charge in [-0.2, -0.15) is 18.3 Å². The summed E-state index contributed by atoms with van der Waals surface area (Å²) in [5.41, 5.74) is 1.59. The third-order valence-electron chi connectivity index (χ3n) is 3.48. The lowest BCUT2D eigenvalue weighted by atomic mass is 10.1. The van der Waals surface area contributed by atoms with Crippen molar-refractivity contribution < 1.29 is 18.0 Å². The second-order valence-corrected chi connectivity index (χ2v) is 5.52. The van der Waals surface area contributed by atoms with Crippen molar-refractivity contribution >= 4 is 17.5 Å². The van der Waals surface area contributed by atoms with Gasteiger partial charge in [-0.3, -0.25) is 9.89 Å². The van der Waals surface area contributed by atoms with Crippen LogP contribution in [0.2, 0.25) is 5.02 Å². The molecule has 1 amide bonds. The summed E-state index contributed by atoms with van der Waals surface area (Å²) in [6.45, 7) is 3.50. The molecule has 1 aromatic carbocycles. The van der Waals surface area contributed by atoms with Gasteiger partial charge >= 0.3 is 6.18 Å². The van der Waals surface area contributed by atoms with Crippen molar-refractivity contribution in [2.75, 3.05) is 0 Å². The first kappa shape index (κ1) is 17.3. The van der Waals surface area contributed by atoms with E-state index in [9.17, 15) is 18.0 Å². The van der Waals surface area contributed by atoms with E-state index in [0.717, 1.165) is 23.0 Å². The van der Waals surface area contributed by atoms with Crippen LogP contribution in [-0.2, 0) is 23.9 Å². The van der Waals surface area contributed by atoms with Crippen molar-refractivity contribution in [2.45, 2.75) is 33.0 Å². The van der Waals surface area contributed by atoms with Crippen molar-refractivity contribution in [3.63, 3.8) is 0 Å². The van der Waals surface area contributed by atoms with Gasteiger partial charge in [-0.15, -0.1) is 0 Å². The molecule has 0 saturated carbocycles. The first-order valence-electron chi connectivity index (χ1n) is 6.82. The Labute approximate surface area is 136 Å². The summed E-state index contributed by atoms with van der Waals surface area (Å²) in [7, 11) is 0. The molecular weight excluding hydrogens is 331 g/mol. The molecule has 0 bridgehead atoms. The SMILES string of the molecule is Cc1n[nH]c(C)c1CC(=O)NCc1cccc(C(F)(F)F)c1Cl. The maximum absolute atomic E-state index is 12.8. The third kappa shape index (κ3) is 4.04. The molecule has 0 radical (unpaired) electrons. The number of halogens is 4. The zero-order valence-corrected chi connectivity index (χ0v) is 13.3. The molecule has 0 aliphatic rings. The topological polar surface area (TPSA) is 57.8 Å². The molecule has 8 heteroatoms. The summed E-state index contributed by atoms with van der Waals surface area (Å²) in [5.74, 6) is -0.314. The molecule has 2 N–H and O–H groups in total. The number of aryl methyl sites for hydroxylation is 2. The van der Waals surface area contributed by atoms with E-state index < -0.39 is 16.8 Å². The molecule has 2 aromatic rings. The molecule has 0 aliphatic heterocycles. The first-order valence-corrected chi connectivity index (χ1v) is 7.19. The average molecular weight is 346 g/mol. The molecule has 0 spiro atoms. The van der Waals surface area contributed by atoms with Gasteiger partial charge in [0.25, 0.3) is 0 Å². The molecule has 0 atom stereocenters. The van der Waals surface area contributed by atoms with Crippen LogP contribution in [0.1, 0.15) is 28.1 Å². The average Bonchev–Trinajstić information content (AvgIpc) is 2.77. The van der Waals surface area contributed by atoms with E-state index in [-0.39, 0.29) is 24.4 Å². The predicted molar refractivity (Wildman–Crippen MR) is 80.1 cm³/mol. The maximum atomic E-state index is 12.8. The smallest absolute Gasteiger partial charge is 0.352 e. The highest BCUT2D eigenvalue weighted by atomic mass is 35.5. The Morgan fingerprint density at radius 2 is 2.04 bits per heavy atom. The van der Waals surface area contributed by atoms with Gasteiger partial charge in [-0.1, -0.05) is 23.7 Å². The largest absolute Gasteiger partial charge is 0.417 e. The zero-order valence-electron chi connectivity index (χ0n) is 12.5. The molecule has 23 heavy (non-hydrogen) atoms. The van der Waals surface area contributed by atoms with E-state index in [2.05, 4.69) is 15.5 Å². The van der Waals surface area contributed by atoms with Crippen LogP contribution in [0.25, 0.3) is 0 Å². The highest BCUT2D eigenvalue weighted by Gasteiger charge is 2.33. The van der Waals surface area contributed by atoms with Crippen LogP contribution in [0.4, 0.5) is 13.2 Å². The highest BCUT2D eigenvalue weighted by molar-refractivity contribution is 6.32. The second-order valence-electron chi connectivity index (χ2n) is 5.14.